The highest BCUT2D eigenvalue weighted by Crippen LogP contribution is 2.10. The van der Waals surface area contributed by atoms with Crippen LogP contribution < -0.4 is 5.73 Å². The number of amides is 1. The molecular formula is C11H21N3O4. The number of carbonyl (C=O) groups is 2. The molecule has 0 aromatic carbocycles. The molecule has 1 unspecified atom stereocenters. The largest absolute Gasteiger partial charge is 0.480 e. The fourth-order valence-electron chi connectivity index (χ4n) is 2.05. The average Bonchev–Trinajstić information content (AvgIpc) is 2.36. The lowest BCUT2D eigenvalue weighted by molar-refractivity contribution is -0.144. The SMILES string of the molecule is CCOC(=O)N1CCN(C(CCN)C(=O)O)CC1. The molecule has 0 bridgehead atoms. The summed E-state index contributed by atoms with van der Waals surface area (Å²) >= 11 is 0. The van der Waals surface area contributed by atoms with Gasteiger partial charge in [0.2, 0.25) is 0 Å². The topological polar surface area (TPSA) is 96.1 Å². The van der Waals surface area contributed by atoms with E-state index in [0.29, 0.717) is 45.8 Å². The van der Waals surface area contributed by atoms with Crippen LogP contribution >= 0.6 is 0 Å². The van der Waals surface area contributed by atoms with E-state index in [4.69, 9.17) is 15.6 Å². The highest BCUT2D eigenvalue weighted by atomic mass is 16.6. The van der Waals surface area contributed by atoms with E-state index < -0.39 is 12.0 Å². The molecule has 1 fully saturated rings. The van der Waals surface area contributed by atoms with E-state index in [0.717, 1.165) is 0 Å². The second-order valence-corrected chi connectivity index (χ2v) is 4.15. The molecule has 0 saturated carbocycles. The normalized spacial score (nSPS) is 18.4. The third-order valence-corrected chi connectivity index (χ3v) is 3.01. The molecule has 1 saturated heterocycles. The highest BCUT2D eigenvalue weighted by Gasteiger charge is 2.29. The number of carboxylic acid groups (broad SMARTS) is 1. The molecule has 18 heavy (non-hydrogen) atoms. The summed E-state index contributed by atoms with van der Waals surface area (Å²) in [6.07, 6.45) is 0.0946. The van der Waals surface area contributed by atoms with Crippen molar-refractivity contribution in [2.45, 2.75) is 19.4 Å². The van der Waals surface area contributed by atoms with Crippen molar-refractivity contribution < 1.29 is 19.4 Å². The van der Waals surface area contributed by atoms with Crippen molar-refractivity contribution in [3.05, 3.63) is 0 Å². The molecule has 0 aromatic rings. The molecular weight excluding hydrogens is 238 g/mol. The van der Waals surface area contributed by atoms with E-state index in [1.165, 1.54) is 0 Å². The van der Waals surface area contributed by atoms with Crippen molar-refractivity contribution in [1.29, 1.82) is 0 Å². The molecule has 0 aliphatic carbocycles. The van der Waals surface area contributed by atoms with Crippen molar-refractivity contribution in [3.63, 3.8) is 0 Å². The van der Waals surface area contributed by atoms with Gasteiger partial charge >= 0.3 is 12.1 Å². The van der Waals surface area contributed by atoms with Crippen LogP contribution in [0.2, 0.25) is 0 Å². The quantitative estimate of drug-likeness (QED) is 0.695. The minimum absolute atomic E-state index is 0.331. The zero-order valence-corrected chi connectivity index (χ0v) is 10.7. The molecule has 1 amide bonds. The summed E-state index contributed by atoms with van der Waals surface area (Å²) < 4.78 is 4.90. The number of piperazine rings is 1. The maximum atomic E-state index is 11.5. The van der Waals surface area contributed by atoms with E-state index in [-0.39, 0.29) is 6.09 Å². The van der Waals surface area contributed by atoms with E-state index in [1.54, 1.807) is 11.8 Å². The number of ether oxygens (including phenoxy) is 1. The third-order valence-electron chi connectivity index (χ3n) is 3.01. The minimum Gasteiger partial charge on any atom is -0.480 e. The standard InChI is InChI=1S/C11H21N3O4/c1-2-18-11(17)14-7-5-13(6-8-14)9(3-4-12)10(15)16/h9H,2-8,12H2,1H3,(H,15,16). The number of hydrogen-bond donors (Lipinski definition) is 2. The Morgan fingerprint density at radius 2 is 1.94 bits per heavy atom. The minimum atomic E-state index is -0.856. The number of carbonyl (C=O) groups excluding carboxylic acids is 1. The van der Waals surface area contributed by atoms with Gasteiger partial charge in [-0.1, -0.05) is 0 Å². The molecule has 1 heterocycles. The summed E-state index contributed by atoms with van der Waals surface area (Å²) in [6, 6.07) is -0.556. The lowest BCUT2D eigenvalue weighted by atomic mass is 10.1. The van der Waals surface area contributed by atoms with Gasteiger partial charge in [-0.2, -0.15) is 0 Å². The van der Waals surface area contributed by atoms with Gasteiger partial charge in [-0.25, -0.2) is 4.79 Å². The van der Waals surface area contributed by atoms with Gasteiger partial charge < -0.3 is 20.5 Å². The molecule has 3 N–H and O–H groups in total. The molecule has 7 heteroatoms. The summed E-state index contributed by atoms with van der Waals surface area (Å²) in [4.78, 5) is 26.0. The van der Waals surface area contributed by atoms with Gasteiger partial charge in [-0.05, 0) is 19.9 Å². The lowest BCUT2D eigenvalue weighted by Crippen LogP contribution is -2.54. The monoisotopic (exact) mass is 259 g/mol. The average molecular weight is 259 g/mol. The van der Waals surface area contributed by atoms with Gasteiger partial charge in [-0.3, -0.25) is 9.69 Å². The van der Waals surface area contributed by atoms with Gasteiger partial charge in [0.05, 0.1) is 6.61 Å². The number of nitrogens with two attached hydrogens (primary N) is 1. The first-order chi connectivity index (χ1) is 8.60. The first-order valence-corrected chi connectivity index (χ1v) is 6.18. The maximum absolute atomic E-state index is 11.5. The number of rotatable bonds is 5. The molecule has 0 aromatic heterocycles. The first kappa shape index (κ1) is 14.7. The second-order valence-electron chi connectivity index (χ2n) is 4.15. The van der Waals surface area contributed by atoms with Crippen molar-refractivity contribution in [2.24, 2.45) is 5.73 Å². The predicted octanol–water partition coefficient (Wildman–Crippen LogP) is -0.437. The van der Waals surface area contributed by atoms with Crippen LogP contribution in [0.5, 0.6) is 0 Å². The van der Waals surface area contributed by atoms with Crippen LogP contribution in [0.3, 0.4) is 0 Å². The van der Waals surface area contributed by atoms with Gasteiger partial charge in [0.15, 0.2) is 0 Å². The van der Waals surface area contributed by atoms with Crippen LogP contribution in [0.25, 0.3) is 0 Å². The summed E-state index contributed by atoms with van der Waals surface area (Å²) in [5.41, 5.74) is 5.41. The second kappa shape index (κ2) is 7.17. The van der Waals surface area contributed by atoms with Crippen LogP contribution in [-0.2, 0) is 9.53 Å². The summed E-state index contributed by atoms with van der Waals surface area (Å²) in [7, 11) is 0. The Morgan fingerprint density at radius 1 is 1.33 bits per heavy atom. The number of carboxylic acids is 1. The number of nitrogens with zero attached hydrogens (tertiary/aromatic N) is 2. The van der Waals surface area contributed by atoms with Gasteiger partial charge in [0.1, 0.15) is 6.04 Å². The summed E-state index contributed by atoms with van der Waals surface area (Å²) in [6.45, 7) is 4.51. The zero-order chi connectivity index (χ0) is 13.5. The molecule has 1 aliphatic rings. The highest BCUT2D eigenvalue weighted by molar-refractivity contribution is 5.73. The van der Waals surface area contributed by atoms with Gasteiger partial charge in [0, 0.05) is 26.2 Å². The van der Waals surface area contributed by atoms with Gasteiger partial charge in [0.25, 0.3) is 0 Å². The molecule has 1 atom stereocenters. The predicted molar refractivity (Wildman–Crippen MR) is 65.3 cm³/mol. The molecule has 1 rings (SSSR count). The van der Waals surface area contributed by atoms with Crippen LogP contribution in [0.4, 0.5) is 4.79 Å². The molecule has 0 radical (unpaired) electrons. The van der Waals surface area contributed by atoms with Crippen LogP contribution in [0.15, 0.2) is 0 Å². The third kappa shape index (κ3) is 3.85. The Kier molecular flexibility index (Phi) is 5.87. The Morgan fingerprint density at radius 3 is 2.39 bits per heavy atom. The number of hydrogen-bond acceptors (Lipinski definition) is 5. The Labute approximate surface area is 106 Å². The summed E-state index contributed by atoms with van der Waals surface area (Å²) in [5.74, 6) is -0.856. The van der Waals surface area contributed by atoms with Crippen LogP contribution in [0.1, 0.15) is 13.3 Å². The van der Waals surface area contributed by atoms with Crippen molar-refractivity contribution in [1.82, 2.24) is 9.80 Å². The maximum Gasteiger partial charge on any atom is 0.409 e. The van der Waals surface area contributed by atoms with E-state index in [9.17, 15) is 9.59 Å². The molecule has 7 nitrogen and oxygen atoms in total. The molecule has 104 valence electrons. The Hall–Kier alpha value is -1.34. The van der Waals surface area contributed by atoms with E-state index >= 15 is 0 Å². The lowest BCUT2D eigenvalue weighted by Gasteiger charge is -2.37. The number of aliphatic carboxylic acids is 1. The van der Waals surface area contributed by atoms with E-state index in [2.05, 4.69) is 0 Å². The van der Waals surface area contributed by atoms with Crippen LogP contribution in [0, 0.1) is 0 Å². The first-order valence-electron chi connectivity index (χ1n) is 6.18. The van der Waals surface area contributed by atoms with E-state index in [1.807, 2.05) is 4.90 Å². The van der Waals surface area contributed by atoms with Crippen molar-refractivity contribution in [3.8, 4) is 0 Å². The zero-order valence-electron chi connectivity index (χ0n) is 10.7. The van der Waals surface area contributed by atoms with Crippen molar-refractivity contribution >= 4 is 12.1 Å². The summed E-state index contributed by atoms with van der Waals surface area (Å²) in [5, 5.41) is 9.11. The van der Waals surface area contributed by atoms with Crippen molar-refractivity contribution in [2.75, 3.05) is 39.3 Å². The molecule has 0 spiro atoms. The Bertz CT molecular complexity index is 290. The smallest absolute Gasteiger partial charge is 0.409 e. The van der Waals surface area contributed by atoms with Gasteiger partial charge in [-0.15, -0.1) is 0 Å². The Balaban J connectivity index is 2.46. The fraction of sp³-hybridized carbons (Fsp3) is 0.818. The van der Waals surface area contributed by atoms with Crippen LogP contribution in [-0.4, -0.2) is 72.3 Å². The fourth-order valence-corrected chi connectivity index (χ4v) is 2.05. The molecule has 1 aliphatic heterocycles.